The van der Waals surface area contributed by atoms with E-state index < -0.39 is 5.91 Å². The number of carbonyl (C=O) groups excluding carboxylic acids is 2. The number of hydrogen-bond donors (Lipinski definition) is 1. The van der Waals surface area contributed by atoms with E-state index in [-0.39, 0.29) is 29.4 Å². The molecule has 2 aromatic carbocycles. The van der Waals surface area contributed by atoms with E-state index in [4.69, 9.17) is 35.0 Å². The predicted octanol–water partition coefficient (Wildman–Crippen LogP) is 5.72. The van der Waals surface area contributed by atoms with Crippen LogP contribution in [0.4, 0.5) is 11.4 Å². The molecule has 2 amide bonds. The van der Waals surface area contributed by atoms with Crippen LogP contribution in [0, 0.1) is 5.92 Å². The van der Waals surface area contributed by atoms with E-state index in [9.17, 15) is 9.59 Å². The molecule has 0 radical (unpaired) electrons. The van der Waals surface area contributed by atoms with Gasteiger partial charge in [-0.25, -0.2) is 0 Å². The van der Waals surface area contributed by atoms with Crippen molar-refractivity contribution in [3.8, 4) is 28.9 Å². The number of ether oxygens (including phenoxy) is 4. The predicted molar refractivity (Wildman–Crippen MR) is 135 cm³/mol. The summed E-state index contributed by atoms with van der Waals surface area (Å²) in [5, 5.41) is 3.05. The summed E-state index contributed by atoms with van der Waals surface area (Å²) in [5.74, 6) is 0.970. The molecule has 2 unspecified atom stereocenters. The highest BCUT2D eigenvalue weighted by Crippen LogP contribution is 2.44. The molecule has 0 saturated heterocycles. The molecular weight excluding hydrogens is 488 g/mol. The van der Waals surface area contributed by atoms with Crippen molar-refractivity contribution in [1.29, 1.82) is 0 Å². The van der Waals surface area contributed by atoms with Gasteiger partial charge in [0.1, 0.15) is 28.7 Å². The molecule has 0 bridgehead atoms. The number of nitrogens with one attached hydrogen (secondary N) is 1. The van der Waals surface area contributed by atoms with Gasteiger partial charge in [-0.3, -0.25) is 9.59 Å². The minimum Gasteiger partial charge on any atom is -0.496 e. The minimum atomic E-state index is -0.536. The molecule has 0 saturated carbocycles. The summed E-state index contributed by atoms with van der Waals surface area (Å²) in [6.45, 7) is 3.88. The number of amides is 2. The van der Waals surface area contributed by atoms with Crippen LogP contribution >= 0.6 is 11.6 Å². The van der Waals surface area contributed by atoms with E-state index in [2.05, 4.69) is 5.32 Å². The second kappa shape index (κ2) is 10.0. The number of halogens is 1. The molecule has 1 aliphatic rings. The Morgan fingerprint density at radius 3 is 2.25 bits per heavy atom. The quantitative estimate of drug-likeness (QED) is 0.430. The fourth-order valence-electron chi connectivity index (χ4n) is 4.11. The second-order valence-corrected chi connectivity index (χ2v) is 8.81. The molecule has 4 rings (SSSR count). The van der Waals surface area contributed by atoms with E-state index in [1.54, 1.807) is 36.2 Å². The molecule has 0 aliphatic carbocycles. The summed E-state index contributed by atoms with van der Waals surface area (Å²) in [6, 6.07) is 9.76. The first-order chi connectivity index (χ1) is 17.2. The van der Waals surface area contributed by atoms with E-state index in [1.807, 2.05) is 13.8 Å². The fourth-order valence-corrected chi connectivity index (χ4v) is 4.31. The maximum atomic E-state index is 12.9. The zero-order valence-corrected chi connectivity index (χ0v) is 21.6. The van der Waals surface area contributed by atoms with Crippen LogP contribution < -0.4 is 29.2 Å². The summed E-state index contributed by atoms with van der Waals surface area (Å²) in [6.07, 6.45) is 0. The first-order valence-electron chi connectivity index (χ1n) is 11.2. The van der Waals surface area contributed by atoms with Gasteiger partial charge in [-0.2, -0.15) is 0 Å². The number of furan rings is 1. The van der Waals surface area contributed by atoms with Crippen molar-refractivity contribution >= 4 is 34.8 Å². The molecular formula is C26H27ClN2O7. The number of carbonyl (C=O) groups is 2. The van der Waals surface area contributed by atoms with E-state index in [1.165, 1.54) is 33.5 Å². The van der Waals surface area contributed by atoms with Gasteiger partial charge in [-0.1, -0.05) is 25.4 Å². The largest absolute Gasteiger partial charge is 0.496 e. The van der Waals surface area contributed by atoms with E-state index >= 15 is 0 Å². The van der Waals surface area contributed by atoms with E-state index in [0.29, 0.717) is 33.7 Å². The Morgan fingerprint density at radius 1 is 0.972 bits per heavy atom. The first-order valence-corrected chi connectivity index (χ1v) is 11.6. The van der Waals surface area contributed by atoms with Crippen LogP contribution in [0.15, 0.2) is 40.8 Å². The Kier molecular flexibility index (Phi) is 7.03. The van der Waals surface area contributed by atoms with Gasteiger partial charge in [0.05, 0.1) is 26.4 Å². The van der Waals surface area contributed by atoms with E-state index in [0.717, 1.165) is 11.3 Å². The molecule has 1 N–H and O–H groups in total. The van der Waals surface area contributed by atoms with Crippen molar-refractivity contribution in [2.45, 2.75) is 19.8 Å². The van der Waals surface area contributed by atoms with Gasteiger partial charge in [-0.05, 0) is 29.7 Å². The molecule has 3 aromatic rings. The van der Waals surface area contributed by atoms with Crippen molar-refractivity contribution in [2.24, 2.45) is 5.92 Å². The molecule has 0 spiro atoms. The van der Waals surface area contributed by atoms with Crippen LogP contribution in [0.1, 0.15) is 35.9 Å². The van der Waals surface area contributed by atoms with Gasteiger partial charge in [-0.15, -0.1) is 0 Å². The third-order valence-electron chi connectivity index (χ3n) is 6.37. The maximum absolute atomic E-state index is 12.9. The van der Waals surface area contributed by atoms with Gasteiger partial charge >= 0.3 is 0 Å². The summed E-state index contributed by atoms with van der Waals surface area (Å²) in [7, 11) is 6.19. The number of nitrogens with zero attached hydrogens (tertiary/aromatic N) is 1. The molecule has 190 valence electrons. The number of fused-ring (bicyclic) bond motifs is 1. The molecule has 1 aromatic heterocycles. The Balaban J connectivity index is 1.57. The number of anilines is 2. The standard InChI is InChI=1S/C26H27ClN2O7/c1-13-14(2)26(31)29(3)18-12-17(27)20(11-16(13)18)36-23-8-7-19(35-23)25(30)28-24-21(33-5)9-15(32-4)10-22(24)34-6/h7-14H,1-6H3,(H,28,30). The first kappa shape index (κ1) is 25.2. The molecule has 9 nitrogen and oxygen atoms in total. The molecule has 10 heteroatoms. The van der Waals surface area contributed by atoms with Crippen LogP contribution in [0.3, 0.4) is 0 Å². The van der Waals surface area contributed by atoms with Crippen LogP contribution in [-0.4, -0.2) is 40.2 Å². The number of methoxy groups -OCH3 is 3. The Morgan fingerprint density at radius 2 is 1.64 bits per heavy atom. The number of rotatable bonds is 7. The van der Waals surface area contributed by atoms with Crippen molar-refractivity contribution < 1.29 is 33.0 Å². The molecule has 2 heterocycles. The van der Waals surface area contributed by atoms with Crippen LogP contribution in [0.2, 0.25) is 5.02 Å². The highest BCUT2D eigenvalue weighted by molar-refractivity contribution is 6.32. The molecule has 2 atom stereocenters. The Hall–Kier alpha value is -3.85. The zero-order valence-electron chi connectivity index (χ0n) is 20.8. The smallest absolute Gasteiger partial charge is 0.291 e. The monoisotopic (exact) mass is 514 g/mol. The van der Waals surface area contributed by atoms with Crippen LogP contribution in [0.25, 0.3) is 0 Å². The Labute approximate surface area is 213 Å². The summed E-state index contributed by atoms with van der Waals surface area (Å²) in [4.78, 5) is 27.0. The third kappa shape index (κ3) is 4.54. The topological polar surface area (TPSA) is 99.5 Å². The van der Waals surface area contributed by atoms with Crippen molar-refractivity contribution in [3.63, 3.8) is 0 Å². The van der Waals surface area contributed by atoms with Gasteiger partial charge in [0.2, 0.25) is 5.91 Å². The van der Waals surface area contributed by atoms with Crippen molar-refractivity contribution in [1.82, 2.24) is 0 Å². The van der Waals surface area contributed by atoms with Crippen molar-refractivity contribution in [2.75, 3.05) is 38.6 Å². The minimum absolute atomic E-state index is 0.00586. The fraction of sp³-hybridized carbons (Fsp3) is 0.308. The molecule has 0 fully saturated rings. The lowest BCUT2D eigenvalue weighted by molar-refractivity contribution is -0.122. The lowest BCUT2D eigenvalue weighted by atomic mass is 9.83. The van der Waals surface area contributed by atoms with Crippen molar-refractivity contribution in [3.05, 3.63) is 52.7 Å². The highest BCUT2D eigenvalue weighted by Gasteiger charge is 2.34. The maximum Gasteiger partial charge on any atom is 0.291 e. The lowest BCUT2D eigenvalue weighted by Gasteiger charge is -2.34. The highest BCUT2D eigenvalue weighted by atomic mass is 35.5. The van der Waals surface area contributed by atoms with Gasteiger partial charge in [0, 0.05) is 36.9 Å². The zero-order chi connectivity index (χ0) is 26.1. The van der Waals surface area contributed by atoms with Crippen LogP contribution in [0.5, 0.6) is 28.9 Å². The number of benzene rings is 2. The molecule has 36 heavy (non-hydrogen) atoms. The average molecular weight is 515 g/mol. The van der Waals surface area contributed by atoms with Crippen LogP contribution in [-0.2, 0) is 4.79 Å². The summed E-state index contributed by atoms with van der Waals surface area (Å²) >= 11 is 6.45. The summed E-state index contributed by atoms with van der Waals surface area (Å²) < 4.78 is 27.5. The number of hydrogen-bond acceptors (Lipinski definition) is 7. The van der Waals surface area contributed by atoms with Gasteiger partial charge < -0.3 is 33.6 Å². The SMILES string of the molecule is COc1cc(OC)c(NC(=O)c2ccc(Oc3cc4c(cc3Cl)N(C)C(=O)C(C)C4C)o2)c(OC)c1. The second-order valence-electron chi connectivity index (χ2n) is 8.40. The molecule has 1 aliphatic heterocycles. The lowest BCUT2D eigenvalue weighted by Crippen LogP contribution is -2.38. The normalized spacial score (nSPS) is 16.9. The van der Waals surface area contributed by atoms with Gasteiger partial charge in [0.15, 0.2) is 5.76 Å². The van der Waals surface area contributed by atoms with Gasteiger partial charge in [0.25, 0.3) is 11.9 Å². The summed E-state index contributed by atoms with van der Waals surface area (Å²) in [5.41, 5.74) is 2.00. The Bertz CT molecular complexity index is 1290. The average Bonchev–Trinajstić information content (AvgIpc) is 3.35. The third-order valence-corrected chi connectivity index (χ3v) is 6.67.